The van der Waals surface area contributed by atoms with Gasteiger partial charge in [0.1, 0.15) is 17.9 Å². The topological polar surface area (TPSA) is 121 Å². The zero-order valence-electron chi connectivity index (χ0n) is 7.73. The van der Waals surface area contributed by atoms with E-state index < -0.39 is 0 Å². The molecule has 14 heavy (non-hydrogen) atoms. The molecule has 0 aliphatic carbocycles. The molecule has 6 heteroatoms. The highest BCUT2D eigenvalue weighted by Crippen LogP contribution is 2.18. The summed E-state index contributed by atoms with van der Waals surface area (Å²) in [5.74, 6) is 0.654. The smallest absolute Gasteiger partial charge is 0.223 e. The lowest BCUT2D eigenvalue weighted by Gasteiger charge is -2.06. The van der Waals surface area contributed by atoms with Crippen LogP contribution in [0.2, 0.25) is 0 Å². The van der Waals surface area contributed by atoms with Crippen LogP contribution in [-0.4, -0.2) is 16.3 Å². The molecule has 1 aromatic rings. The number of aldehydes is 1. The normalized spacial score (nSPS) is 10.0. The van der Waals surface area contributed by atoms with Crippen LogP contribution in [0.3, 0.4) is 0 Å². The fraction of sp³-hybridized carbons (Fsp3) is 0.375. The lowest BCUT2D eigenvalue weighted by atomic mass is 10.1. The number of nitrogen functional groups attached to an aromatic ring is 3. The molecule has 0 radical (unpaired) electrons. The van der Waals surface area contributed by atoms with Crippen molar-refractivity contribution in [2.45, 2.75) is 19.3 Å². The van der Waals surface area contributed by atoms with Gasteiger partial charge in [-0.2, -0.15) is 9.97 Å². The molecule has 0 atom stereocenters. The molecule has 0 aromatic carbocycles. The van der Waals surface area contributed by atoms with Gasteiger partial charge in [-0.1, -0.05) is 0 Å². The number of hydrogen-bond donors (Lipinski definition) is 3. The number of unbranched alkanes of at least 4 members (excludes halogenated alkanes) is 1. The maximum absolute atomic E-state index is 10.1. The molecule has 0 amide bonds. The van der Waals surface area contributed by atoms with E-state index in [1.54, 1.807) is 0 Å². The summed E-state index contributed by atoms with van der Waals surface area (Å²) < 4.78 is 0. The summed E-state index contributed by atoms with van der Waals surface area (Å²) in [5.41, 5.74) is 17.2. The predicted octanol–water partition coefficient (Wildman–Crippen LogP) is -0.255. The average Bonchev–Trinajstić information content (AvgIpc) is 2.09. The number of rotatable bonds is 4. The number of anilines is 3. The van der Waals surface area contributed by atoms with Gasteiger partial charge in [0.05, 0.1) is 0 Å². The van der Waals surface area contributed by atoms with Crippen molar-refractivity contribution in [2.75, 3.05) is 17.2 Å². The maximum Gasteiger partial charge on any atom is 0.223 e. The minimum Gasteiger partial charge on any atom is -0.383 e. The average molecular weight is 195 g/mol. The minimum absolute atomic E-state index is 0.0686. The third kappa shape index (κ3) is 2.32. The zero-order chi connectivity index (χ0) is 10.6. The lowest BCUT2D eigenvalue weighted by Crippen LogP contribution is -2.08. The summed E-state index contributed by atoms with van der Waals surface area (Å²) in [6.45, 7) is 0. The van der Waals surface area contributed by atoms with E-state index in [1.165, 1.54) is 0 Å². The Balaban J connectivity index is 2.80. The van der Waals surface area contributed by atoms with Crippen LogP contribution in [0.5, 0.6) is 0 Å². The number of hydrogen-bond acceptors (Lipinski definition) is 6. The Hall–Kier alpha value is -1.85. The Kier molecular flexibility index (Phi) is 3.22. The van der Waals surface area contributed by atoms with Gasteiger partial charge in [0, 0.05) is 12.0 Å². The fourth-order valence-corrected chi connectivity index (χ4v) is 1.16. The van der Waals surface area contributed by atoms with Crippen LogP contribution in [0.15, 0.2) is 0 Å². The van der Waals surface area contributed by atoms with E-state index in [-0.39, 0.29) is 5.95 Å². The molecular formula is C8H13N5O. The minimum atomic E-state index is 0.0686. The number of carbonyl (C=O) groups excluding carboxylic acids is 1. The highest BCUT2D eigenvalue weighted by atomic mass is 16.1. The first-order chi connectivity index (χ1) is 6.65. The summed E-state index contributed by atoms with van der Waals surface area (Å²) in [5, 5.41) is 0. The van der Waals surface area contributed by atoms with Crippen molar-refractivity contribution in [3.05, 3.63) is 5.56 Å². The first-order valence-corrected chi connectivity index (χ1v) is 4.26. The van der Waals surface area contributed by atoms with E-state index in [1.807, 2.05) is 0 Å². The predicted molar refractivity (Wildman–Crippen MR) is 54.3 cm³/mol. The first-order valence-electron chi connectivity index (χ1n) is 4.26. The highest BCUT2D eigenvalue weighted by molar-refractivity contribution is 5.56. The van der Waals surface area contributed by atoms with Crippen molar-refractivity contribution in [2.24, 2.45) is 0 Å². The standard InChI is InChI=1S/C8H13N5O/c9-6-5(3-1-2-4-14)7(10)13-8(11)12-6/h4H,1-3H2,(H6,9,10,11,12,13). The molecule has 1 heterocycles. The molecule has 0 aliphatic rings. The van der Waals surface area contributed by atoms with Gasteiger partial charge in [0.15, 0.2) is 0 Å². The molecule has 0 saturated carbocycles. The van der Waals surface area contributed by atoms with Gasteiger partial charge in [0.2, 0.25) is 5.95 Å². The second-order valence-electron chi connectivity index (χ2n) is 2.89. The fourth-order valence-electron chi connectivity index (χ4n) is 1.16. The molecule has 76 valence electrons. The van der Waals surface area contributed by atoms with Gasteiger partial charge in [-0.05, 0) is 12.8 Å². The van der Waals surface area contributed by atoms with E-state index >= 15 is 0 Å². The second-order valence-corrected chi connectivity index (χ2v) is 2.89. The SMILES string of the molecule is Nc1nc(N)c(CCCC=O)c(N)n1. The number of aromatic nitrogens is 2. The van der Waals surface area contributed by atoms with E-state index in [0.29, 0.717) is 36.5 Å². The molecule has 0 saturated heterocycles. The molecule has 0 fully saturated rings. The van der Waals surface area contributed by atoms with Gasteiger partial charge in [-0.15, -0.1) is 0 Å². The van der Waals surface area contributed by atoms with Crippen LogP contribution in [0, 0.1) is 0 Å². The van der Waals surface area contributed by atoms with E-state index in [0.717, 1.165) is 6.29 Å². The maximum atomic E-state index is 10.1. The molecule has 1 aromatic heterocycles. The van der Waals surface area contributed by atoms with Crippen LogP contribution in [0.25, 0.3) is 0 Å². The molecule has 6 N–H and O–H groups in total. The first kappa shape index (κ1) is 10.2. The Morgan fingerprint density at radius 2 is 1.71 bits per heavy atom. The Morgan fingerprint density at radius 3 is 2.21 bits per heavy atom. The molecule has 0 spiro atoms. The summed E-state index contributed by atoms with van der Waals surface area (Å²) in [6, 6.07) is 0. The van der Waals surface area contributed by atoms with Crippen molar-refractivity contribution < 1.29 is 4.79 Å². The molecule has 6 nitrogen and oxygen atoms in total. The number of nitrogens with two attached hydrogens (primary N) is 3. The molecular weight excluding hydrogens is 182 g/mol. The molecule has 1 rings (SSSR count). The zero-order valence-corrected chi connectivity index (χ0v) is 7.73. The van der Waals surface area contributed by atoms with Crippen LogP contribution in [0.1, 0.15) is 18.4 Å². The lowest BCUT2D eigenvalue weighted by molar-refractivity contribution is -0.107. The second kappa shape index (κ2) is 4.40. The van der Waals surface area contributed by atoms with E-state index in [9.17, 15) is 4.79 Å². The summed E-state index contributed by atoms with van der Waals surface area (Å²) in [7, 11) is 0. The molecule has 0 aliphatic heterocycles. The Bertz CT molecular complexity index is 315. The largest absolute Gasteiger partial charge is 0.383 e. The van der Waals surface area contributed by atoms with Crippen molar-refractivity contribution in [3.8, 4) is 0 Å². The van der Waals surface area contributed by atoms with Crippen LogP contribution >= 0.6 is 0 Å². The van der Waals surface area contributed by atoms with E-state index in [2.05, 4.69) is 9.97 Å². The molecule has 0 unspecified atom stereocenters. The highest BCUT2D eigenvalue weighted by Gasteiger charge is 2.07. The van der Waals surface area contributed by atoms with Gasteiger partial charge >= 0.3 is 0 Å². The summed E-state index contributed by atoms with van der Waals surface area (Å²) in [6.07, 6.45) is 2.61. The Labute approximate surface area is 81.5 Å². The van der Waals surface area contributed by atoms with Crippen LogP contribution in [-0.2, 0) is 11.2 Å². The third-order valence-corrected chi connectivity index (χ3v) is 1.84. The van der Waals surface area contributed by atoms with Crippen molar-refractivity contribution in [1.82, 2.24) is 9.97 Å². The van der Waals surface area contributed by atoms with Crippen molar-refractivity contribution in [3.63, 3.8) is 0 Å². The quantitative estimate of drug-likeness (QED) is 0.449. The van der Waals surface area contributed by atoms with Gasteiger partial charge < -0.3 is 22.0 Å². The third-order valence-electron chi connectivity index (χ3n) is 1.84. The summed E-state index contributed by atoms with van der Waals surface area (Å²) in [4.78, 5) is 17.7. The van der Waals surface area contributed by atoms with E-state index in [4.69, 9.17) is 17.2 Å². The van der Waals surface area contributed by atoms with Crippen LogP contribution < -0.4 is 17.2 Å². The number of nitrogens with zero attached hydrogens (tertiary/aromatic N) is 2. The van der Waals surface area contributed by atoms with Crippen LogP contribution in [0.4, 0.5) is 17.6 Å². The van der Waals surface area contributed by atoms with Gasteiger partial charge in [-0.25, -0.2) is 0 Å². The number of carbonyl (C=O) groups is 1. The Morgan fingerprint density at radius 1 is 1.14 bits per heavy atom. The van der Waals surface area contributed by atoms with Gasteiger partial charge in [0.25, 0.3) is 0 Å². The molecule has 0 bridgehead atoms. The van der Waals surface area contributed by atoms with Gasteiger partial charge in [-0.3, -0.25) is 0 Å². The van der Waals surface area contributed by atoms with Crippen molar-refractivity contribution in [1.29, 1.82) is 0 Å². The summed E-state index contributed by atoms with van der Waals surface area (Å²) >= 11 is 0. The van der Waals surface area contributed by atoms with Crippen molar-refractivity contribution >= 4 is 23.9 Å². The monoisotopic (exact) mass is 195 g/mol.